The molecule has 1 aromatic heterocycles. The summed E-state index contributed by atoms with van der Waals surface area (Å²) >= 11 is 0. The zero-order chi connectivity index (χ0) is 14.5. The van der Waals surface area contributed by atoms with Crippen LogP contribution in [0.1, 0.15) is 19.0 Å². The highest BCUT2D eigenvalue weighted by atomic mass is 16.4. The second kappa shape index (κ2) is 6.34. The van der Waals surface area contributed by atoms with Gasteiger partial charge in [0.05, 0.1) is 11.2 Å². The van der Waals surface area contributed by atoms with Gasteiger partial charge in [0.1, 0.15) is 5.84 Å². The van der Waals surface area contributed by atoms with E-state index in [0.29, 0.717) is 6.42 Å². The second-order valence-corrected chi connectivity index (χ2v) is 5.05. The van der Waals surface area contributed by atoms with Crippen molar-refractivity contribution < 1.29 is 5.21 Å². The van der Waals surface area contributed by atoms with Gasteiger partial charge in [0, 0.05) is 24.4 Å². The molecule has 106 valence electrons. The maximum absolute atomic E-state index is 8.61. The van der Waals surface area contributed by atoms with Gasteiger partial charge < -0.3 is 10.9 Å². The summed E-state index contributed by atoms with van der Waals surface area (Å²) in [4.78, 5) is 6.78. The quantitative estimate of drug-likeness (QED) is 0.379. The third-order valence-corrected chi connectivity index (χ3v) is 3.45. The van der Waals surface area contributed by atoms with Crippen molar-refractivity contribution in [1.29, 1.82) is 0 Å². The lowest BCUT2D eigenvalue weighted by molar-refractivity contribution is 0.248. The van der Waals surface area contributed by atoms with E-state index in [4.69, 9.17) is 10.9 Å². The number of rotatable bonds is 5. The van der Waals surface area contributed by atoms with E-state index < -0.39 is 0 Å². The van der Waals surface area contributed by atoms with Crippen LogP contribution in [0.4, 0.5) is 0 Å². The van der Waals surface area contributed by atoms with Crippen molar-refractivity contribution in [1.82, 2.24) is 9.88 Å². The fourth-order valence-corrected chi connectivity index (χ4v) is 2.11. The molecule has 2 rings (SSSR count). The number of oxime groups is 1. The number of para-hydroxylation sites is 1. The lowest BCUT2D eigenvalue weighted by Crippen LogP contribution is -2.33. The van der Waals surface area contributed by atoms with Gasteiger partial charge in [-0.05, 0) is 26.1 Å². The number of amidine groups is 1. The molecular formula is C15H20N4O. The minimum atomic E-state index is 0.180. The van der Waals surface area contributed by atoms with Gasteiger partial charge in [-0.25, -0.2) is 0 Å². The summed E-state index contributed by atoms with van der Waals surface area (Å²) in [7, 11) is 2.01. The first-order valence-corrected chi connectivity index (χ1v) is 6.61. The highest BCUT2D eigenvalue weighted by Gasteiger charge is 2.12. The fourth-order valence-electron chi connectivity index (χ4n) is 2.11. The van der Waals surface area contributed by atoms with Crippen molar-refractivity contribution in [3.05, 3.63) is 42.1 Å². The molecule has 3 N–H and O–H groups in total. The highest BCUT2D eigenvalue weighted by Crippen LogP contribution is 2.14. The molecule has 0 saturated carbocycles. The first kappa shape index (κ1) is 14.3. The molecule has 1 heterocycles. The Labute approximate surface area is 118 Å². The Bertz CT molecular complexity index is 612. The average Bonchev–Trinajstić information content (AvgIpc) is 2.46. The number of hydrogen-bond acceptors (Lipinski definition) is 4. The molecule has 1 unspecified atom stereocenters. The predicted molar refractivity (Wildman–Crippen MR) is 80.7 cm³/mol. The highest BCUT2D eigenvalue weighted by molar-refractivity contribution is 5.80. The van der Waals surface area contributed by atoms with Gasteiger partial charge in [0.2, 0.25) is 0 Å². The Morgan fingerprint density at radius 3 is 2.85 bits per heavy atom. The summed E-state index contributed by atoms with van der Waals surface area (Å²) < 4.78 is 0. The lowest BCUT2D eigenvalue weighted by Gasteiger charge is -2.23. The molecule has 0 aliphatic carbocycles. The Kier molecular flexibility index (Phi) is 4.53. The second-order valence-electron chi connectivity index (χ2n) is 5.05. The molecule has 5 heteroatoms. The molecule has 20 heavy (non-hydrogen) atoms. The minimum absolute atomic E-state index is 0.180. The van der Waals surface area contributed by atoms with E-state index >= 15 is 0 Å². The molecule has 1 aromatic carbocycles. The number of nitrogens with zero attached hydrogens (tertiary/aromatic N) is 3. The van der Waals surface area contributed by atoms with Crippen LogP contribution in [0.2, 0.25) is 0 Å². The van der Waals surface area contributed by atoms with Crippen molar-refractivity contribution in [2.24, 2.45) is 10.9 Å². The molecule has 0 aliphatic rings. The van der Waals surface area contributed by atoms with Crippen LogP contribution < -0.4 is 5.73 Å². The first-order valence-electron chi connectivity index (χ1n) is 6.61. The SMILES string of the molecule is CC(CC(N)=NO)N(C)Cc1ccc2ccccc2n1. The average molecular weight is 272 g/mol. The zero-order valence-electron chi connectivity index (χ0n) is 11.8. The van der Waals surface area contributed by atoms with Crippen LogP contribution in [0.5, 0.6) is 0 Å². The van der Waals surface area contributed by atoms with Crippen LogP contribution in [0.3, 0.4) is 0 Å². The van der Waals surface area contributed by atoms with Crippen LogP contribution in [0, 0.1) is 0 Å². The maximum atomic E-state index is 8.61. The summed E-state index contributed by atoms with van der Waals surface area (Å²) in [6.07, 6.45) is 0.528. The van der Waals surface area contributed by atoms with Gasteiger partial charge >= 0.3 is 0 Å². The standard InChI is InChI=1S/C15H20N4O/c1-11(9-15(16)18-20)19(2)10-13-8-7-12-5-3-4-6-14(12)17-13/h3-8,11,20H,9-10H2,1-2H3,(H2,16,18). The molecule has 2 aromatic rings. The Morgan fingerprint density at radius 1 is 1.35 bits per heavy atom. The monoisotopic (exact) mass is 272 g/mol. The van der Waals surface area contributed by atoms with E-state index in [-0.39, 0.29) is 11.9 Å². The number of hydrogen-bond donors (Lipinski definition) is 2. The van der Waals surface area contributed by atoms with Crippen molar-refractivity contribution in [2.75, 3.05) is 7.05 Å². The molecular weight excluding hydrogens is 252 g/mol. The summed E-state index contributed by atoms with van der Waals surface area (Å²) in [5.74, 6) is 0.246. The van der Waals surface area contributed by atoms with Gasteiger partial charge in [0.25, 0.3) is 0 Å². The number of fused-ring (bicyclic) bond motifs is 1. The molecule has 0 fully saturated rings. The van der Waals surface area contributed by atoms with Crippen molar-refractivity contribution in [3.8, 4) is 0 Å². The normalized spacial score (nSPS) is 13.8. The third kappa shape index (κ3) is 3.45. The Balaban J connectivity index is 2.07. The van der Waals surface area contributed by atoms with E-state index in [0.717, 1.165) is 23.1 Å². The van der Waals surface area contributed by atoms with Crippen LogP contribution in [0.25, 0.3) is 10.9 Å². The van der Waals surface area contributed by atoms with Crippen LogP contribution in [-0.4, -0.2) is 34.0 Å². The molecule has 0 radical (unpaired) electrons. The molecule has 0 saturated heterocycles. The van der Waals surface area contributed by atoms with E-state index in [1.807, 2.05) is 38.2 Å². The van der Waals surface area contributed by atoms with Crippen LogP contribution >= 0.6 is 0 Å². The van der Waals surface area contributed by atoms with E-state index in [1.165, 1.54) is 0 Å². The third-order valence-electron chi connectivity index (χ3n) is 3.45. The van der Waals surface area contributed by atoms with Gasteiger partial charge in [-0.1, -0.05) is 29.4 Å². The molecule has 1 atom stereocenters. The van der Waals surface area contributed by atoms with E-state index in [2.05, 4.69) is 27.2 Å². The number of nitrogens with two attached hydrogens (primary N) is 1. The summed E-state index contributed by atoms with van der Waals surface area (Å²) in [6, 6.07) is 12.4. The first-order chi connectivity index (χ1) is 9.60. The molecule has 0 aliphatic heterocycles. The molecule has 0 amide bonds. The molecule has 0 bridgehead atoms. The maximum Gasteiger partial charge on any atom is 0.140 e. The van der Waals surface area contributed by atoms with Gasteiger partial charge in [-0.15, -0.1) is 0 Å². The molecule has 5 nitrogen and oxygen atoms in total. The smallest absolute Gasteiger partial charge is 0.140 e. The summed E-state index contributed by atoms with van der Waals surface area (Å²) in [5, 5.41) is 12.8. The topological polar surface area (TPSA) is 74.7 Å². The van der Waals surface area contributed by atoms with Gasteiger partial charge in [-0.3, -0.25) is 9.88 Å². The van der Waals surface area contributed by atoms with E-state index in [1.54, 1.807) is 0 Å². The van der Waals surface area contributed by atoms with Crippen LogP contribution in [-0.2, 0) is 6.54 Å². The summed E-state index contributed by atoms with van der Waals surface area (Å²) in [6.45, 7) is 2.77. The number of aromatic nitrogens is 1. The summed E-state index contributed by atoms with van der Waals surface area (Å²) in [5.41, 5.74) is 7.55. The van der Waals surface area contributed by atoms with Gasteiger partial charge in [0.15, 0.2) is 0 Å². The number of benzene rings is 1. The lowest BCUT2D eigenvalue weighted by atomic mass is 10.1. The Morgan fingerprint density at radius 2 is 2.10 bits per heavy atom. The van der Waals surface area contributed by atoms with Crippen LogP contribution in [0.15, 0.2) is 41.6 Å². The van der Waals surface area contributed by atoms with Crippen molar-refractivity contribution >= 4 is 16.7 Å². The fraction of sp³-hybridized carbons (Fsp3) is 0.333. The Hall–Kier alpha value is -2.14. The largest absolute Gasteiger partial charge is 0.409 e. The van der Waals surface area contributed by atoms with Crippen molar-refractivity contribution in [3.63, 3.8) is 0 Å². The molecule has 0 spiro atoms. The van der Waals surface area contributed by atoms with Gasteiger partial charge in [-0.2, -0.15) is 0 Å². The predicted octanol–water partition coefficient (Wildman–Crippen LogP) is 2.19. The zero-order valence-corrected chi connectivity index (χ0v) is 11.8. The number of pyridine rings is 1. The van der Waals surface area contributed by atoms with Crippen molar-refractivity contribution in [2.45, 2.75) is 25.9 Å². The minimum Gasteiger partial charge on any atom is -0.409 e. The van der Waals surface area contributed by atoms with E-state index in [9.17, 15) is 0 Å².